The number of ether oxygens (including phenoxy) is 3. The lowest BCUT2D eigenvalue weighted by atomic mass is 10.2. The molecule has 28 heavy (non-hydrogen) atoms. The van der Waals surface area contributed by atoms with Gasteiger partial charge in [-0.25, -0.2) is 13.4 Å². The van der Waals surface area contributed by atoms with Crippen LogP contribution >= 0.6 is 0 Å². The average Bonchev–Trinajstić information content (AvgIpc) is 3.05. The van der Waals surface area contributed by atoms with Crippen molar-refractivity contribution in [2.45, 2.75) is 18.1 Å². The summed E-state index contributed by atoms with van der Waals surface area (Å²) >= 11 is 0. The predicted octanol–water partition coefficient (Wildman–Crippen LogP) is 2.98. The Morgan fingerprint density at radius 1 is 1.21 bits per heavy atom. The van der Waals surface area contributed by atoms with Crippen molar-refractivity contribution in [1.82, 2.24) is 9.97 Å². The third-order valence-electron chi connectivity index (χ3n) is 3.87. The Morgan fingerprint density at radius 2 is 2.00 bits per heavy atom. The highest BCUT2D eigenvalue weighted by atomic mass is 32.2. The number of nitrogens with zero attached hydrogens (tertiary/aromatic N) is 1. The van der Waals surface area contributed by atoms with E-state index in [0.717, 1.165) is 17.9 Å². The number of methoxy groups -OCH3 is 1. The fourth-order valence-electron chi connectivity index (χ4n) is 2.69. The number of aromatic nitrogens is 2. The molecule has 2 aromatic heterocycles. The largest absolute Gasteiger partial charge is 0.486 e. The number of hydrogen-bond acceptors (Lipinski definition) is 7. The maximum atomic E-state index is 11.5. The highest BCUT2D eigenvalue weighted by molar-refractivity contribution is 7.90. The van der Waals surface area contributed by atoms with Crippen LogP contribution in [0.15, 0.2) is 41.6 Å². The van der Waals surface area contributed by atoms with E-state index in [0.29, 0.717) is 35.1 Å². The topological polar surface area (TPSA) is 108 Å². The molecule has 0 aliphatic rings. The molecule has 0 aliphatic heterocycles. The first-order valence-electron chi connectivity index (χ1n) is 8.41. The molecule has 0 spiro atoms. The second-order valence-corrected chi connectivity index (χ2v) is 8.28. The molecule has 1 atom stereocenters. The fraction of sp³-hybridized carbons (Fsp3) is 0.263. The molecule has 8 nitrogen and oxygen atoms in total. The van der Waals surface area contributed by atoms with Gasteiger partial charge >= 0.3 is 0 Å². The van der Waals surface area contributed by atoms with Crippen LogP contribution in [0.2, 0.25) is 0 Å². The Bertz CT molecular complexity index is 1090. The van der Waals surface area contributed by atoms with Gasteiger partial charge < -0.3 is 19.2 Å². The number of aromatic amines is 1. The molecule has 0 saturated carbocycles. The number of H-pyrrole nitrogens is 1. The third kappa shape index (κ3) is 4.49. The van der Waals surface area contributed by atoms with Gasteiger partial charge in [0.2, 0.25) is 0 Å². The van der Waals surface area contributed by atoms with Gasteiger partial charge in [0.15, 0.2) is 21.1 Å². The molecule has 2 heterocycles. The summed E-state index contributed by atoms with van der Waals surface area (Å²) in [5, 5.41) is 0.703. The van der Waals surface area contributed by atoms with Crippen molar-refractivity contribution in [2.75, 3.05) is 20.0 Å². The van der Waals surface area contributed by atoms with Gasteiger partial charge in [0.05, 0.1) is 24.0 Å². The molecule has 0 radical (unpaired) electrons. The number of benzene rings is 1. The summed E-state index contributed by atoms with van der Waals surface area (Å²) in [6.45, 7) is 2.25. The van der Waals surface area contributed by atoms with Crippen molar-refractivity contribution < 1.29 is 27.4 Å². The molecule has 0 aliphatic carbocycles. The molecule has 0 bridgehead atoms. The van der Waals surface area contributed by atoms with Gasteiger partial charge in [0.1, 0.15) is 23.4 Å². The zero-order chi connectivity index (χ0) is 20.3. The van der Waals surface area contributed by atoms with Crippen molar-refractivity contribution in [1.29, 1.82) is 0 Å². The minimum atomic E-state index is -3.38. The Hall–Kier alpha value is -2.91. The molecular formula is C19H20N2O6S. The Morgan fingerprint density at radius 3 is 2.61 bits per heavy atom. The van der Waals surface area contributed by atoms with E-state index in [1.165, 1.54) is 18.3 Å². The van der Waals surface area contributed by atoms with Crippen LogP contribution in [0.25, 0.3) is 10.9 Å². The van der Waals surface area contributed by atoms with E-state index in [9.17, 15) is 13.2 Å². The van der Waals surface area contributed by atoms with Crippen LogP contribution in [0.5, 0.6) is 17.2 Å². The zero-order valence-corrected chi connectivity index (χ0v) is 16.4. The normalized spacial score (nSPS) is 12.7. The van der Waals surface area contributed by atoms with E-state index in [-0.39, 0.29) is 11.1 Å². The molecule has 0 fully saturated rings. The van der Waals surface area contributed by atoms with E-state index in [1.54, 1.807) is 25.3 Å². The van der Waals surface area contributed by atoms with Gasteiger partial charge in [0.25, 0.3) is 0 Å². The number of sulfone groups is 1. The number of fused-ring (bicyclic) bond motifs is 1. The summed E-state index contributed by atoms with van der Waals surface area (Å²) in [7, 11) is -1.80. The molecule has 0 amide bonds. The summed E-state index contributed by atoms with van der Waals surface area (Å²) in [5.74, 6) is 1.33. The minimum Gasteiger partial charge on any atom is -0.486 e. The quantitative estimate of drug-likeness (QED) is 0.575. The van der Waals surface area contributed by atoms with Gasteiger partial charge in [0, 0.05) is 24.8 Å². The lowest BCUT2D eigenvalue weighted by Gasteiger charge is -2.16. The summed E-state index contributed by atoms with van der Waals surface area (Å²) in [6.07, 6.45) is 2.92. The van der Waals surface area contributed by atoms with Crippen LogP contribution in [0.3, 0.4) is 0 Å². The molecule has 9 heteroatoms. The molecule has 3 aromatic rings. The fourth-order valence-corrected chi connectivity index (χ4v) is 3.25. The van der Waals surface area contributed by atoms with Crippen LogP contribution in [0.1, 0.15) is 17.4 Å². The highest BCUT2D eigenvalue weighted by Gasteiger charge is 2.14. The van der Waals surface area contributed by atoms with Gasteiger partial charge in [-0.05, 0) is 31.2 Å². The maximum absolute atomic E-state index is 11.5. The molecule has 0 saturated heterocycles. The lowest BCUT2D eigenvalue weighted by Crippen LogP contribution is -2.18. The number of pyridine rings is 1. The first-order chi connectivity index (χ1) is 13.3. The minimum absolute atomic E-state index is 0.0334. The Kier molecular flexibility index (Phi) is 5.66. The first-order valence-corrected chi connectivity index (χ1v) is 10.3. The van der Waals surface area contributed by atoms with Gasteiger partial charge in [-0.1, -0.05) is 0 Å². The van der Waals surface area contributed by atoms with Crippen LogP contribution < -0.4 is 9.47 Å². The van der Waals surface area contributed by atoms with E-state index in [1.807, 2.05) is 6.92 Å². The number of hydrogen-bond donors (Lipinski definition) is 1. The monoisotopic (exact) mass is 404 g/mol. The molecule has 1 aromatic carbocycles. The van der Waals surface area contributed by atoms with Gasteiger partial charge in [-0.3, -0.25) is 4.79 Å². The SMILES string of the molecule is COCC(C)Oc1cc(Oc2ccc(S(C)(=O)=O)nc2)cc2cc(C=O)[nH]c12. The van der Waals surface area contributed by atoms with Crippen molar-refractivity contribution >= 4 is 27.0 Å². The standard InChI is InChI=1S/C19H20N2O6S/c1-12(11-25-2)26-17-8-16(7-13-6-14(10-22)21-19(13)17)27-15-4-5-18(20-9-15)28(3,23)24/h4-10,12,21H,11H2,1-3H3. The van der Waals surface area contributed by atoms with Crippen molar-refractivity contribution in [2.24, 2.45) is 0 Å². The van der Waals surface area contributed by atoms with Crippen LogP contribution in [-0.2, 0) is 14.6 Å². The van der Waals surface area contributed by atoms with Crippen molar-refractivity contribution in [3.8, 4) is 17.2 Å². The van der Waals surface area contributed by atoms with Crippen LogP contribution in [-0.4, -0.2) is 50.7 Å². The second-order valence-electron chi connectivity index (χ2n) is 6.32. The highest BCUT2D eigenvalue weighted by Crippen LogP contribution is 2.34. The van der Waals surface area contributed by atoms with Gasteiger partial charge in [-0.15, -0.1) is 0 Å². The smallest absolute Gasteiger partial charge is 0.192 e. The van der Waals surface area contributed by atoms with E-state index in [2.05, 4.69) is 9.97 Å². The summed E-state index contributed by atoms with van der Waals surface area (Å²) in [6, 6.07) is 8.02. The molecular weight excluding hydrogens is 384 g/mol. The zero-order valence-electron chi connectivity index (χ0n) is 15.6. The summed E-state index contributed by atoms with van der Waals surface area (Å²) < 4.78 is 39.9. The lowest BCUT2D eigenvalue weighted by molar-refractivity contribution is 0.0928. The molecule has 3 rings (SSSR count). The molecule has 1 N–H and O–H groups in total. The number of nitrogens with one attached hydrogen (secondary N) is 1. The van der Waals surface area contributed by atoms with Crippen molar-refractivity contribution in [3.05, 3.63) is 42.2 Å². The van der Waals surface area contributed by atoms with E-state index in [4.69, 9.17) is 14.2 Å². The summed E-state index contributed by atoms with van der Waals surface area (Å²) in [4.78, 5) is 18.0. The molecule has 148 valence electrons. The number of rotatable bonds is 8. The Labute approximate surface area is 162 Å². The van der Waals surface area contributed by atoms with Crippen molar-refractivity contribution in [3.63, 3.8) is 0 Å². The second kappa shape index (κ2) is 7.99. The third-order valence-corrected chi connectivity index (χ3v) is 4.87. The van der Waals surface area contributed by atoms with E-state index < -0.39 is 9.84 Å². The molecule has 1 unspecified atom stereocenters. The van der Waals surface area contributed by atoms with Crippen LogP contribution in [0.4, 0.5) is 0 Å². The maximum Gasteiger partial charge on any atom is 0.192 e. The number of aldehydes is 1. The predicted molar refractivity (Wildman–Crippen MR) is 103 cm³/mol. The van der Waals surface area contributed by atoms with Crippen LogP contribution in [0, 0.1) is 0 Å². The summed E-state index contributed by atoms with van der Waals surface area (Å²) in [5.41, 5.74) is 1.08. The Balaban J connectivity index is 1.95. The average molecular weight is 404 g/mol. The van der Waals surface area contributed by atoms with Gasteiger partial charge in [-0.2, -0.15) is 0 Å². The number of carbonyl (C=O) groups is 1. The number of carbonyl (C=O) groups excluding carboxylic acids is 1. The first kappa shape index (κ1) is 19.8. The van der Waals surface area contributed by atoms with E-state index >= 15 is 0 Å².